The van der Waals surface area contributed by atoms with Crippen LogP contribution in [-0.4, -0.2) is 19.2 Å². The minimum absolute atomic E-state index is 0.0811. The number of hydrogen-bond acceptors (Lipinski definition) is 2. The molecule has 0 fully saturated rings. The summed E-state index contributed by atoms with van der Waals surface area (Å²) < 4.78 is 38.8. The molecule has 0 saturated carbocycles. The molecule has 122 valence electrons. The quantitative estimate of drug-likeness (QED) is 0.801. The molecule has 23 heavy (non-hydrogen) atoms. The lowest BCUT2D eigenvalue weighted by molar-refractivity contribution is -0.136. The van der Waals surface area contributed by atoms with Gasteiger partial charge in [-0.25, -0.2) is 0 Å². The predicted octanol–water partition coefficient (Wildman–Crippen LogP) is 4.58. The largest absolute Gasteiger partial charge is 0.418 e. The Bertz CT molecular complexity index is 682. The summed E-state index contributed by atoms with van der Waals surface area (Å²) in [5, 5.41) is 5.56. The first-order valence-electron chi connectivity index (χ1n) is 6.79. The number of benzene rings is 2. The van der Waals surface area contributed by atoms with Gasteiger partial charge in [0.1, 0.15) is 0 Å². The topological polar surface area (TPSA) is 27.3 Å². The van der Waals surface area contributed by atoms with Crippen LogP contribution in [0, 0.1) is 0 Å². The van der Waals surface area contributed by atoms with Crippen molar-refractivity contribution < 1.29 is 13.2 Å². The average molecular weight is 339 g/mol. The van der Waals surface area contributed by atoms with E-state index in [-0.39, 0.29) is 10.8 Å². The molecule has 2 N–H and O–H groups in total. The highest BCUT2D eigenvalue weighted by atomic mass is 32.1. The molecule has 0 bridgehead atoms. The summed E-state index contributed by atoms with van der Waals surface area (Å²) in [6.45, 7) is 0. The summed E-state index contributed by atoms with van der Waals surface area (Å²) in [6.07, 6.45) is -4.44. The van der Waals surface area contributed by atoms with Crippen LogP contribution in [0.1, 0.15) is 5.56 Å². The van der Waals surface area contributed by atoms with Crippen LogP contribution >= 0.6 is 12.2 Å². The molecule has 0 aliphatic heterocycles. The van der Waals surface area contributed by atoms with Crippen LogP contribution in [0.3, 0.4) is 0 Å². The van der Waals surface area contributed by atoms with Gasteiger partial charge in [-0.3, -0.25) is 0 Å². The first kappa shape index (κ1) is 17.1. The van der Waals surface area contributed by atoms with Gasteiger partial charge in [-0.15, -0.1) is 0 Å². The zero-order valence-electron chi connectivity index (χ0n) is 12.6. The Hall–Kier alpha value is -2.28. The molecule has 0 unspecified atom stereocenters. The van der Waals surface area contributed by atoms with E-state index in [2.05, 4.69) is 10.6 Å². The van der Waals surface area contributed by atoms with Gasteiger partial charge < -0.3 is 15.5 Å². The molecule has 0 radical (unpaired) electrons. The second-order valence-corrected chi connectivity index (χ2v) is 5.47. The highest BCUT2D eigenvalue weighted by Crippen LogP contribution is 2.34. The van der Waals surface area contributed by atoms with Gasteiger partial charge >= 0.3 is 6.18 Å². The first-order chi connectivity index (χ1) is 10.8. The summed E-state index contributed by atoms with van der Waals surface area (Å²) >= 11 is 5.08. The second kappa shape index (κ2) is 6.87. The number of thiocarbonyl (C=S) groups is 1. The summed E-state index contributed by atoms with van der Waals surface area (Å²) in [5.41, 5.74) is 0.865. The first-order valence-corrected chi connectivity index (χ1v) is 7.20. The Morgan fingerprint density at radius 1 is 0.957 bits per heavy atom. The lowest BCUT2D eigenvalue weighted by Crippen LogP contribution is -2.21. The molecule has 2 aromatic carbocycles. The normalized spacial score (nSPS) is 11.0. The third-order valence-electron chi connectivity index (χ3n) is 3.12. The molecule has 0 heterocycles. The van der Waals surface area contributed by atoms with Crippen LogP contribution in [-0.2, 0) is 6.18 Å². The molecular weight excluding hydrogens is 323 g/mol. The van der Waals surface area contributed by atoms with Gasteiger partial charge in [0.25, 0.3) is 0 Å². The SMILES string of the molecule is CN(C)c1ccc(NC(=S)Nc2ccccc2C(F)(F)F)cc1. The van der Waals surface area contributed by atoms with E-state index in [4.69, 9.17) is 12.2 Å². The van der Waals surface area contributed by atoms with Crippen LogP contribution in [0.15, 0.2) is 48.5 Å². The maximum Gasteiger partial charge on any atom is 0.418 e. The van der Waals surface area contributed by atoms with Crippen molar-refractivity contribution >= 4 is 34.4 Å². The van der Waals surface area contributed by atoms with Crippen molar-refractivity contribution in [2.24, 2.45) is 0 Å². The Morgan fingerprint density at radius 3 is 2.13 bits per heavy atom. The van der Waals surface area contributed by atoms with E-state index in [1.54, 1.807) is 12.1 Å². The number of nitrogens with one attached hydrogen (secondary N) is 2. The lowest BCUT2D eigenvalue weighted by Gasteiger charge is -2.16. The average Bonchev–Trinajstić information content (AvgIpc) is 2.47. The van der Waals surface area contributed by atoms with Crippen molar-refractivity contribution in [3.8, 4) is 0 Å². The van der Waals surface area contributed by atoms with Gasteiger partial charge in [-0.05, 0) is 48.6 Å². The Labute approximate surface area is 138 Å². The Balaban J connectivity index is 2.08. The van der Waals surface area contributed by atoms with E-state index in [9.17, 15) is 13.2 Å². The van der Waals surface area contributed by atoms with Crippen molar-refractivity contribution in [1.82, 2.24) is 0 Å². The van der Waals surface area contributed by atoms with E-state index in [1.165, 1.54) is 18.2 Å². The molecule has 0 spiro atoms. The van der Waals surface area contributed by atoms with E-state index < -0.39 is 11.7 Å². The van der Waals surface area contributed by atoms with Crippen LogP contribution in [0.25, 0.3) is 0 Å². The molecule has 0 saturated heterocycles. The number of alkyl halides is 3. The van der Waals surface area contributed by atoms with Crippen LogP contribution in [0.4, 0.5) is 30.2 Å². The van der Waals surface area contributed by atoms with Crippen LogP contribution in [0.2, 0.25) is 0 Å². The number of anilines is 3. The highest BCUT2D eigenvalue weighted by molar-refractivity contribution is 7.80. The van der Waals surface area contributed by atoms with Gasteiger partial charge in [0.2, 0.25) is 0 Å². The summed E-state index contributed by atoms with van der Waals surface area (Å²) in [6, 6.07) is 12.6. The van der Waals surface area contributed by atoms with Gasteiger partial charge in [0.15, 0.2) is 5.11 Å². The molecule has 2 rings (SSSR count). The number of rotatable bonds is 3. The zero-order chi connectivity index (χ0) is 17.0. The standard InChI is InChI=1S/C16H16F3N3S/c1-22(2)12-9-7-11(8-10-12)20-15(23)21-14-6-4-3-5-13(14)16(17,18)19/h3-10H,1-2H3,(H2,20,21,23). The van der Waals surface area contributed by atoms with Gasteiger partial charge in [-0.1, -0.05) is 12.1 Å². The molecule has 2 aromatic rings. The van der Waals surface area contributed by atoms with Crippen LogP contribution in [0.5, 0.6) is 0 Å². The van der Waals surface area contributed by atoms with Gasteiger partial charge in [0.05, 0.1) is 11.3 Å². The fourth-order valence-corrected chi connectivity index (χ4v) is 2.19. The zero-order valence-corrected chi connectivity index (χ0v) is 13.4. The van der Waals surface area contributed by atoms with Crippen LogP contribution < -0.4 is 15.5 Å². The van der Waals surface area contributed by atoms with Crippen molar-refractivity contribution in [1.29, 1.82) is 0 Å². The molecule has 0 atom stereocenters. The Kier molecular flexibility index (Phi) is 5.10. The molecule has 0 aliphatic rings. The number of para-hydroxylation sites is 1. The number of hydrogen-bond donors (Lipinski definition) is 2. The maximum absolute atomic E-state index is 12.9. The number of nitrogens with zero attached hydrogens (tertiary/aromatic N) is 1. The Morgan fingerprint density at radius 2 is 1.57 bits per heavy atom. The third kappa shape index (κ3) is 4.59. The van der Waals surface area contributed by atoms with Gasteiger partial charge in [0, 0.05) is 25.5 Å². The second-order valence-electron chi connectivity index (χ2n) is 5.06. The summed E-state index contributed by atoms with van der Waals surface area (Å²) in [5.74, 6) is 0. The van der Waals surface area contributed by atoms with Crippen molar-refractivity contribution in [2.75, 3.05) is 29.6 Å². The van der Waals surface area contributed by atoms with Crippen molar-refractivity contribution in [3.05, 3.63) is 54.1 Å². The minimum Gasteiger partial charge on any atom is -0.378 e. The lowest BCUT2D eigenvalue weighted by atomic mass is 10.1. The van der Waals surface area contributed by atoms with Crippen molar-refractivity contribution in [2.45, 2.75) is 6.18 Å². The third-order valence-corrected chi connectivity index (χ3v) is 3.33. The highest BCUT2D eigenvalue weighted by Gasteiger charge is 2.33. The summed E-state index contributed by atoms with van der Waals surface area (Å²) in [4.78, 5) is 1.94. The van der Waals surface area contributed by atoms with Crippen molar-refractivity contribution in [3.63, 3.8) is 0 Å². The molecule has 0 amide bonds. The molecule has 0 aromatic heterocycles. The summed E-state index contributed by atoms with van der Waals surface area (Å²) in [7, 11) is 3.84. The fraction of sp³-hybridized carbons (Fsp3) is 0.188. The predicted molar refractivity (Wildman–Crippen MR) is 92.1 cm³/mol. The van der Waals surface area contributed by atoms with E-state index in [0.29, 0.717) is 5.69 Å². The van der Waals surface area contributed by atoms with E-state index in [0.717, 1.165) is 11.8 Å². The maximum atomic E-state index is 12.9. The van der Waals surface area contributed by atoms with Gasteiger partial charge in [-0.2, -0.15) is 13.2 Å². The van der Waals surface area contributed by atoms with E-state index >= 15 is 0 Å². The number of halogens is 3. The van der Waals surface area contributed by atoms with E-state index in [1.807, 2.05) is 31.1 Å². The molecule has 3 nitrogen and oxygen atoms in total. The minimum atomic E-state index is -4.44. The molecule has 0 aliphatic carbocycles. The smallest absolute Gasteiger partial charge is 0.378 e. The molecular formula is C16H16F3N3S. The fourth-order valence-electron chi connectivity index (χ4n) is 1.97. The monoisotopic (exact) mass is 339 g/mol. The molecule has 7 heteroatoms.